The molecule has 0 aliphatic carbocycles. The number of nitrogens with one attached hydrogen (secondary N) is 1. The maximum absolute atomic E-state index is 12.7. The summed E-state index contributed by atoms with van der Waals surface area (Å²) in [6.07, 6.45) is -1.21. The average molecular weight is 491 g/mol. The third-order valence-electron chi connectivity index (χ3n) is 4.49. The van der Waals surface area contributed by atoms with Gasteiger partial charge in [-0.1, -0.05) is 19.0 Å². The molecule has 0 bridgehead atoms. The molecule has 0 aromatic carbocycles. The molecule has 13 heteroatoms. The van der Waals surface area contributed by atoms with Gasteiger partial charge in [0.05, 0.1) is 18.4 Å². The van der Waals surface area contributed by atoms with Crippen molar-refractivity contribution in [3.05, 3.63) is 17.5 Å². The number of esters is 2. The minimum absolute atomic E-state index is 0.00671. The maximum Gasteiger partial charge on any atom is 0.381 e. The van der Waals surface area contributed by atoms with Gasteiger partial charge in [-0.3, -0.25) is 28.0 Å². The molecule has 1 aliphatic rings. The minimum atomic E-state index is -3.90. The summed E-state index contributed by atoms with van der Waals surface area (Å²) < 4.78 is 30.8. The van der Waals surface area contributed by atoms with E-state index in [0.717, 1.165) is 0 Å². The lowest BCUT2D eigenvalue weighted by Crippen LogP contribution is -2.50. The smallest absolute Gasteiger partial charge is 0.381 e. The van der Waals surface area contributed by atoms with E-state index in [2.05, 4.69) is 10.5 Å². The lowest BCUT2D eigenvalue weighted by atomic mass is 9.87. The first kappa shape index (κ1) is 27.1. The molecule has 33 heavy (non-hydrogen) atoms. The third-order valence-corrected chi connectivity index (χ3v) is 5.85. The first-order valence-electron chi connectivity index (χ1n) is 10.3. The van der Waals surface area contributed by atoms with E-state index >= 15 is 0 Å². The number of rotatable bonds is 9. The average Bonchev–Trinajstić information content (AvgIpc) is 3.13. The van der Waals surface area contributed by atoms with Crippen molar-refractivity contribution < 1.29 is 46.8 Å². The Bertz CT molecular complexity index is 850. The number of aromatic nitrogens is 1. The lowest BCUT2D eigenvalue weighted by molar-refractivity contribution is -0.165. The monoisotopic (exact) mass is 491 g/mol. The Morgan fingerprint density at radius 2 is 2.00 bits per heavy atom. The van der Waals surface area contributed by atoms with Gasteiger partial charge in [-0.15, -0.1) is 0 Å². The molecular weight excluding hydrogens is 459 g/mol. The van der Waals surface area contributed by atoms with Gasteiger partial charge in [0.1, 0.15) is 18.1 Å². The van der Waals surface area contributed by atoms with Gasteiger partial charge in [-0.2, -0.15) is 0 Å². The Morgan fingerprint density at radius 3 is 2.61 bits per heavy atom. The summed E-state index contributed by atoms with van der Waals surface area (Å²) in [6.45, 7) is 9.49. The van der Waals surface area contributed by atoms with Crippen LogP contribution in [0.3, 0.4) is 0 Å². The van der Waals surface area contributed by atoms with Crippen molar-refractivity contribution in [2.24, 2.45) is 10.8 Å². The van der Waals surface area contributed by atoms with Gasteiger partial charge in [0.25, 0.3) is 0 Å². The zero-order valence-corrected chi connectivity index (χ0v) is 20.6. The number of amides is 1. The van der Waals surface area contributed by atoms with Crippen LogP contribution in [0.1, 0.15) is 52.5 Å². The van der Waals surface area contributed by atoms with Gasteiger partial charge >= 0.3 is 20.1 Å². The van der Waals surface area contributed by atoms with E-state index in [1.807, 2.05) is 0 Å². The maximum atomic E-state index is 12.7. The molecule has 1 fully saturated rings. The summed E-state index contributed by atoms with van der Waals surface area (Å²) in [4.78, 5) is 46.9. The van der Waals surface area contributed by atoms with Gasteiger partial charge in [0.15, 0.2) is 6.10 Å². The highest BCUT2D eigenvalue weighted by atomic mass is 31.2. The number of aryl methyl sites for hydroxylation is 1. The van der Waals surface area contributed by atoms with Gasteiger partial charge in [-0.05, 0) is 27.7 Å². The number of carbonyl (C=O) groups is 3. The topological polar surface area (TPSA) is 156 Å². The van der Waals surface area contributed by atoms with Crippen LogP contribution in [-0.2, 0) is 44.0 Å². The van der Waals surface area contributed by atoms with Gasteiger partial charge in [-0.25, -0.2) is 0 Å². The lowest BCUT2D eigenvalue weighted by Gasteiger charge is -2.43. The van der Waals surface area contributed by atoms with E-state index in [1.165, 1.54) is 0 Å². The fourth-order valence-corrected chi connectivity index (χ4v) is 4.08. The van der Waals surface area contributed by atoms with Crippen molar-refractivity contribution in [3.63, 3.8) is 0 Å². The Labute approximate surface area is 192 Å². The van der Waals surface area contributed by atoms with E-state index in [0.29, 0.717) is 11.5 Å². The summed E-state index contributed by atoms with van der Waals surface area (Å²) in [5.41, 5.74) is -1.07. The number of hydrogen-bond acceptors (Lipinski definition) is 11. The number of carbonyl (C=O) groups excluding carboxylic acids is 3. The van der Waals surface area contributed by atoms with Crippen molar-refractivity contribution in [1.82, 2.24) is 10.5 Å². The molecule has 187 valence electrons. The Hall–Kier alpha value is -2.11. The van der Waals surface area contributed by atoms with E-state index in [1.54, 1.807) is 47.6 Å². The number of ether oxygens (including phenoxy) is 2. The van der Waals surface area contributed by atoms with Crippen LogP contribution < -0.4 is 5.32 Å². The molecule has 0 spiro atoms. The quantitative estimate of drug-likeness (QED) is 0.297. The SMILES string of the molecule is Cc1cc(COC(=O)CCNC(=O)[C@@H]2O[P@@](O)(OCOC(=O)C(C)(C)C)OCC2(C)C)no1. The molecule has 2 atom stereocenters. The van der Waals surface area contributed by atoms with Gasteiger partial charge < -0.3 is 24.2 Å². The van der Waals surface area contributed by atoms with E-state index in [-0.39, 0.29) is 26.2 Å². The van der Waals surface area contributed by atoms with Crippen LogP contribution in [0, 0.1) is 17.8 Å². The predicted octanol–water partition coefficient (Wildman–Crippen LogP) is 2.21. The van der Waals surface area contributed by atoms with Crippen LogP contribution in [0.15, 0.2) is 10.6 Å². The number of nitrogens with zero attached hydrogens (tertiary/aromatic N) is 1. The van der Waals surface area contributed by atoms with Crippen LogP contribution >= 0.6 is 8.17 Å². The van der Waals surface area contributed by atoms with Crippen LogP contribution in [0.2, 0.25) is 0 Å². The molecule has 2 rings (SSSR count). The second kappa shape index (κ2) is 10.9. The molecule has 2 N–H and O–H groups in total. The first-order valence-corrected chi connectivity index (χ1v) is 11.8. The molecule has 2 heterocycles. The van der Waals surface area contributed by atoms with Crippen molar-refractivity contribution in [3.8, 4) is 0 Å². The molecular formula is C20H32N2O10P. The molecule has 1 radical (unpaired) electrons. The largest absolute Gasteiger partial charge is 0.459 e. The second-order valence-corrected chi connectivity index (χ2v) is 10.9. The summed E-state index contributed by atoms with van der Waals surface area (Å²) in [6, 6.07) is 1.65. The van der Waals surface area contributed by atoms with Crippen molar-refractivity contribution >= 4 is 26.0 Å². The number of hydrogen-bond donors (Lipinski definition) is 2. The molecule has 1 aliphatic heterocycles. The van der Waals surface area contributed by atoms with Crippen LogP contribution in [-0.4, -0.2) is 53.9 Å². The summed E-state index contributed by atoms with van der Waals surface area (Å²) in [5.74, 6) is -1.02. The molecule has 1 aromatic heterocycles. The highest BCUT2D eigenvalue weighted by molar-refractivity contribution is 7.55. The Kier molecular flexibility index (Phi) is 8.94. The van der Waals surface area contributed by atoms with Crippen LogP contribution in [0.4, 0.5) is 0 Å². The molecule has 1 amide bonds. The van der Waals surface area contributed by atoms with Crippen LogP contribution in [0.25, 0.3) is 0 Å². The minimum Gasteiger partial charge on any atom is -0.459 e. The molecule has 1 aromatic rings. The second-order valence-electron chi connectivity index (χ2n) is 9.28. The van der Waals surface area contributed by atoms with E-state index < -0.39 is 49.7 Å². The highest BCUT2D eigenvalue weighted by Gasteiger charge is 2.50. The zero-order chi connectivity index (χ0) is 24.9. The molecule has 0 saturated carbocycles. The standard InChI is InChI=1S/C20H32N2O10P/c1-13-9-14(22-31-13)10-27-15(23)7-8-21-17(24)16-20(5,6)11-29-33(26,32-16)30-12-28-18(25)19(2,3)4/h9,16,26H,7-8,10-12H2,1-6H3,(H,21,24)/t16-/m0/s1. The fourth-order valence-electron chi connectivity index (χ4n) is 2.56. The van der Waals surface area contributed by atoms with Gasteiger partial charge in [0, 0.05) is 18.0 Å². The van der Waals surface area contributed by atoms with Crippen molar-refractivity contribution in [2.45, 2.75) is 60.7 Å². The van der Waals surface area contributed by atoms with Crippen molar-refractivity contribution in [1.29, 1.82) is 0 Å². The fraction of sp³-hybridized carbons (Fsp3) is 0.700. The summed E-state index contributed by atoms with van der Waals surface area (Å²) in [5, 5.41) is 6.30. The van der Waals surface area contributed by atoms with Gasteiger partial charge in [0.2, 0.25) is 12.7 Å². The Balaban J connectivity index is 1.81. The molecule has 1 saturated heterocycles. The third kappa shape index (κ3) is 8.31. The normalized spacial score (nSPS) is 22.5. The molecule has 0 unspecified atom stereocenters. The predicted molar refractivity (Wildman–Crippen MR) is 114 cm³/mol. The van der Waals surface area contributed by atoms with Crippen molar-refractivity contribution in [2.75, 3.05) is 19.9 Å². The molecule has 12 nitrogen and oxygen atoms in total. The van der Waals surface area contributed by atoms with E-state index in [4.69, 9.17) is 27.6 Å². The first-order chi connectivity index (χ1) is 15.2. The van der Waals surface area contributed by atoms with E-state index in [9.17, 15) is 19.3 Å². The Morgan fingerprint density at radius 1 is 1.30 bits per heavy atom. The highest BCUT2D eigenvalue weighted by Crippen LogP contribution is 2.63. The zero-order valence-electron chi connectivity index (χ0n) is 19.7. The van der Waals surface area contributed by atoms with Crippen LogP contribution in [0.5, 0.6) is 0 Å². The summed E-state index contributed by atoms with van der Waals surface area (Å²) in [7, 11) is -3.90. The summed E-state index contributed by atoms with van der Waals surface area (Å²) >= 11 is 0.